The summed E-state index contributed by atoms with van der Waals surface area (Å²) >= 11 is 6.00. The second kappa shape index (κ2) is 9.71. The van der Waals surface area contributed by atoms with Gasteiger partial charge in [0, 0.05) is 23.3 Å². The van der Waals surface area contributed by atoms with Gasteiger partial charge in [-0.1, -0.05) is 23.7 Å². The molecule has 0 bridgehead atoms. The number of rotatable bonds is 7. The van der Waals surface area contributed by atoms with Crippen LogP contribution in [0.15, 0.2) is 77.4 Å². The van der Waals surface area contributed by atoms with Crippen LogP contribution in [0.2, 0.25) is 5.02 Å². The molecular weight excluding hydrogens is 494 g/mol. The van der Waals surface area contributed by atoms with E-state index in [-0.39, 0.29) is 24.9 Å². The SMILES string of the molecule is COc1ccc(N2C(=O)c3ccc(-c4ccco4)n3C[C@]2(C)C(=O)NCc2ccc(Cl)cc2)cc1OC. The summed E-state index contributed by atoms with van der Waals surface area (Å²) in [7, 11) is 3.07. The maximum Gasteiger partial charge on any atom is 0.275 e. The summed E-state index contributed by atoms with van der Waals surface area (Å²) in [5, 5.41) is 3.62. The molecule has 0 radical (unpaired) electrons. The van der Waals surface area contributed by atoms with Crippen molar-refractivity contribution in [3.05, 3.63) is 89.3 Å². The summed E-state index contributed by atoms with van der Waals surface area (Å²) in [6.07, 6.45) is 1.58. The van der Waals surface area contributed by atoms with E-state index in [2.05, 4.69) is 5.32 Å². The minimum atomic E-state index is -1.28. The number of hydrogen-bond donors (Lipinski definition) is 1. The molecule has 1 aliphatic rings. The van der Waals surface area contributed by atoms with Crippen LogP contribution in [0.25, 0.3) is 11.5 Å². The first-order valence-corrected chi connectivity index (χ1v) is 12.1. The van der Waals surface area contributed by atoms with Gasteiger partial charge in [-0.15, -0.1) is 0 Å². The number of fused-ring (bicyclic) bond motifs is 1. The standard InChI is InChI=1S/C28H26ClN3O5/c1-28(27(34)30-16-18-6-8-19(29)9-7-18)17-31-21(23-5-4-14-37-23)11-12-22(31)26(33)32(28)20-10-13-24(35-2)25(15-20)36-3/h4-15H,16-17H2,1-3H3,(H,30,34)/t28-/m1/s1. The average Bonchev–Trinajstić information content (AvgIpc) is 3.58. The van der Waals surface area contributed by atoms with E-state index in [0.717, 1.165) is 11.3 Å². The Morgan fingerprint density at radius 2 is 1.76 bits per heavy atom. The van der Waals surface area contributed by atoms with Crippen molar-refractivity contribution in [1.82, 2.24) is 9.88 Å². The van der Waals surface area contributed by atoms with Crippen LogP contribution in [-0.4, -0.2) is 36.1 Å². The van der Waals surface area contributed by atoms with Gasteiger partial charge in [0.25, 0.3) is 5.91 Å². The number of carbonyl (C=O) groups is 2. The largest absolute Gasteiger partial charge is 0.493 e. The third kappa shape index (κ3) is 4.34. The molecule has 0 saturated heterocycles. The molecule has 0 saturated carbocycles. The van der Waals surface area contributed by atoms with Crippen molar-refractivity contribution in [2.75, 3.05) is 19.1 Å². The number of benzene rings is 2. The van der Waals surface area contributed by atoms with Gasteiger partial charge in [0.1, 0.15) is 17.0 Å². The van der Waals surface area contributed by atoms with E-state index in [4.69, 9.17) is 25.5 Å². The van der Waals surface area contributed by atoms with Crippen LogP contribution in [0.3, 0.4) is 0 Å². The lowest BCUT2D eigenvalue weighted by atomic mass is 9.93. The average molecular weight is 520 g/mol. The highest BCUT2D eigenvalue weighted by Crippen LogP contribution is 2.39. The van der Waals surface area contributed by atoms with Crippen LogP contribution in [0.4, 0.5) is 5.69 Å². The number of nitrogens with zero attached hydrogens (tertiary/aromatic N) is 2. The molecule has 2 aromatic heterocycles. The molecule has 1 atom stereocenters. The fourth-order valence-corrected chi connectivity index (χ4v) is 4.82. The van der Waals surface area contributed by atoms with E-state index >= 15 is 0 Å². The number of furan rings is 1. The Balaban J connectivity index is 1.57. The van der Waals surface area contributed by atoms with Crippen molar-refractivity contribution >= 4 is 29.1 Å². The fraction of sp³-hybridized carbons (Fsp3) is 0.214. The number of nitrogens with one attached hydrogen (secondary N) is 1. The molecule has 37 heavy (non-hydrogen) atoms. The van der Waals surface area contributed by atoms with E-state index in [1.807, 2.05) is 28.8 Å². The van der Waals surface area contributed by atoms with Crippen molar-refractivity contribution in [3.8, 4) is 23.0 Å². The van der Waals surface area contributed by atoms with Crippen LogP contribution >= 0.6 is 11.6 Å². The summed E-state index contributed by atoms with van der Waals surface area (Å²) < 4.78 is 18.3. The Morgan fingerprint density at radius 3 is 2.43 bits per heavy atom. The maximum absolute atomic E-state index is 14.0. The third-order valence-electron chi connectivity index (χ3n) is 6.62. The molecule has 0 spiro atoms. The fourth-order valence-electron chi connectivity index (χ4n) is 4.70. The van der Waals surface area contributed by atoms with Crippen LogP contribution < -0.4 is 19.7 Å². The first kappa shape index (κ1) is 24.5. The number of ether oxygens (including phenoxy) is 2. The summed E-state index contributed by atoms with van der Waals surface area (Å²) in [6.45, 7) is 2.24. The zero-order valence-corrected chi connectivity index (χ0v) is 21.4. The highest BCUT2D eigenvalue weighted by atomic mass is 35.5. The zero-order valence-electron chi connectivity index (χ0n) is 20.7. The molecule has 0 unspecified atom stereocenters. The molecule has 0 aliphatic carbocycles. The van der Waals surface area contributed by atoms with Gasteiger partial charge >= 0.3 is 0 Å². The summed E-state index contributed by atoms with van der Waals surface area (Å²) in [6, 6.07) is 19.6. The zero-order chi connectivity index (χ0) is 26.2. The number of hydrogen-bond acceptors (Lipinski definition) is 5. The molecular formula is C28H26ClN3O5. The molecule has 4 aromatic rings. The van der Waals surface area contributed by atoms with E-state index in [1.165, 1.54) is 12.0 Å². The predicted octanol–water partition coefficient (Wildman–Crippen LogP) is 5.15. The molecule has 0 fully saturated rings. The summed E-state index contributed by atoms with van der Waals surface area (Å²) in [5.41, 5.74) is 1.29. The van der Waals surface area contributed by atoms with Gasteiger partial charge in [-0.25, -0.2) is 0 Å². The van der Waals surface area contributed by atoms with E-state index < -0.39 is 5.54 Å². The van der Waals surface area contributed by atoms with Gasteiger partial charge in [0.05, 0.1) is 32.7 Å². The Hall–Kier alpha value is -4.17. The normalized spacial score (nSPS) is 16.9. The first-order chi connectivity index (χ1) is 17.9. The van der Waals surface area contributed by atoms with Gasteiger partial charge in [0.2, 0.25) is 5.91 Å². The minimum absolute atomic E-state index is 0.206. The van der Waals surface area contributed by atoms with Crippen molar-refractivity contribution < 1.29 is 23.5 Å². The van der Waals surface area contributed by atoms with Gasteiger partial charge in [0.15, 0.2) is 11.5 Å². The Kier molecular flexibility index (Phi) is 6.43. The lowest BCUT2D eigenvalue weighted by Gasteiger charge is -2.44. The van der Waals surface area contributed by atoms with Gasteiger partial charge < -0.3 is 23.8 Å². The summed E-state index contributed by atoms with van der Waals surface area (Å²) in [4.78, 5) is 29.4. The molecule has 1 aliphatic heterocycles. The Bertz CT molecular complexity index is 1450. The van der Waals surface area contributed by atoms with E-state index in [1.54, 1.807) is 62.8 Å². The summed E-state index contributed by atoms with van der Waals surface area (Å²) in [5.74, 6) is 0.959. The van der Waals surface area contributed by atoms with Crippen LogP contribution in [0, 0.1) is 0 Å². The van der Waals surface area contributed by atoms with Crippen molar-refractivity contribution in [3.63, 3.8) is 0 Å². The topological polar surface area (TPSA) is 85.9 Å². The second-order valence-electron chi connectivity index (χ2n) is 8.93. The van der Waals surface area contributed by atoms with Crippen LogP contribution in [0.5, 0.6) is 11.5 Å². The minimum Gasteiger partial charge on any atom is -0.493 e. The van der Waals surface area contributed by atoms with Gasteiger partial charge in [-0.2, -0.15) is 0 Å². The molecule has 2 amide bonds. The lowest BCUT2D eigenvalue weighted by Crippen LogP contribution is -2.64. The maximum atomic E-state index is 14.0. The Morgan fingerprint density at radius 1 is 1.03 bits per heavy atom. The van der Waals surface area contributed by atoms with E-state index in [9.17, 15) is 9.59 Å². The van der Waals surface area contributed by atoms with Crippen LogP contribution in [0.1, 0.15) is 23.0 Å². The van der Waals surface area contributed by atoms with Crippen molar-refractivity contribution in [1.29, 1.82) is 0 Å². The predicted molar refractivity (Wildman–Crippen MR) is 140 cm³/mol. The first-order valence-electron chi connectivity index (χ1n) is 11.7. The third-order valence-corrected chi connectivity index (χ3v) is 6.87. The van der Waals surface area contributed by atoms with E-state index in [0.29, 0.717) is 33.7 Å². The number of anilines is 1. The molecule has 3 heterocycles. The highest BCUT2D eigenvalue weighted by molar-refractivity contribution is 6.30. The number of amides is 2. The number of halogens is 1. The molecule has 190 valence electrons. The van der Waals surface area contributed by atoms with Crippen LogP contribution in [-0.2, 0) is 17.9 Å². The highest BCUT2D eigenvalue weighted by Gasteiger charge is 2.49. The quantitative estimate of drug-likeness (QED) is 0.365. The van der Waals surface area contributed by atoms with Crippen molar-refractivity contribution in [2.24, 2.45) is 0 Å². The molecule has 1 N–H and O–H groups in total. The lowest BCUT2D eigenvalue weighted by molar-refractivity contribution is -0.126. The second-order valence-corrected chi connectivity index (χ2v) is 9.37. The molecule has 5 rings (SSSR count). The van der Waals surface area contributed by atoms with Crippen molar-refractivity contribution in [2.45, 2.75) is 25.6 Å². The molecule has 9 heteroatoms. The number of carbonyl (C=O) groups excluding carboxylic acids is 2. The monoisotopic (exact) mass is 519 g/mol. The van der Waals surface area contributed by atoms with Gasteiger partial charge in [-0.3, -0.25) is 14.5 Å². The Labute approximate surface area is 219 Å². The van der Waals surface area contributed by atoms with Gasteiger partial charge in [-0.05, 0) is 61.0 Å². The smallest absolute Gasteiger partial charge is 0.275 e. The molecule has 8 nitrogen and oxygen atoms in total. The molecule has 2 aromatic carbocycles. The number of methoxy groups -OCH3 is 2. The number of aromatic nitrogens is 1.